The number of benzene rings is 1. The second-order valence-electron chi connectivity index (χ2n) is 8.03. The molecule has 1 aromatic carbocycles. The molecule has 2 aromatic heterocycles. The van der Waals surface area contributed by atoms with Gasteiger partial charge in [0.25, 0.3) is 5.56 Å². The van der Waals surface area contributed by atoms with Crippen molar-refractivity contribution in [2.75, 3.05) is 5.32 Å². The van der Waals surface area contributed by atoms with Gasteiger partial charge in [0.2, 0.25) is 10.9 Å². The van der Waals surface area contributed by atoms with Gasteiger partial charge in [-0.2, -0.15) is 9.61 Å². The van der Waals surface area contributed by atoms with Crippen LogP contribution in [0.15, 0.2) is 35.1 Å². The van der Waals surface area contributed by atoms with E-state index in [1.54, 1.807) is 24.3 Å². The van der Waals surface area contributed by atoms with Crippen molar-refractivity contribution in [2.45, 2.75) is 53.6 Å². The second-order valence-corrected chi connectivity index (χ2v) is 9.07. The van der Waals surface area contributed by atoms with E-state index in [0.717, 1.165) is 24.3 Å². The molecule has 1 amide bonds. The van der Waals surface area contributed by atoms with Gasteiger partial charge in [0, 0.05) is 24.1 Å². The molecule has 2 heterocycles. The van der Waals surface area contributed by atoms with E-state index in [1.165, 1.54) is 21.9 Å². The highest BCUT2D eigenvalue weighted by Crippen LogP contribution is 2.17. The first-order chi connectivity index (χ1) is 15.3. The van der Waals surface area contributed by atoms with E-state index >= 15 is 0 Å². The zero-order chi connectivity index (χ0) is 23.3. The summed E-state index contributed by atoms with van der Waals surface area (Å²) < 4.78 is 6.61. The molecule has 8 nitrogen and oxygen atoms in total. The van der Waals surface area contributed by atoms with Gasteiger partial charge in [-0.25, -0.2) is 9.78 Å². The molecule has 0 aliphatic carbocycles. The number of anilines is 1. The molecule has 0 fully saturated rings. The van der Waals surface area contributed by atoms with E-state index < -0.39 is 5.97 Å². The fourth-order valence-electron chi connectivity index (χ4n) is 3.22. The van der Waals surface area contributed by atoms with Gasteiger partial charge >= 0.3 is 5.97 Å². The number of fused-ring (bicyclic) bond motifs is 1. The third kappa shape index (κ3) is 5.79. The molecule has 0 spiro atoms. The maximum Gasteiger partial charge on any atom is 0.338 e. The first kappa shape index (κ1) is 23.6. The summed E-state index contributed by atoms with van der Waals surface area (Å²) in [5.74, 6) is -0.174. The topological polar surface area (TPSA) is 103 Å². The van der Waals surface area contributed by atoms with Crippen molar-refractivity contribution in [1.82, 2.24) is 14.6 Å². The molecule has 9 heteroatoms. The van der Waals surface area contributed by atoms with Gasteiger partial charge < -0.3 is 10.1 Å². The van der Waals surface area contributed by atoms with Crippen molar-refractivity contribution < 1.29 is 14.3 Å². The number of hydrogen-bond acceptors (Lipinski definition) is 7. The molecule has 0 radical (unpaired) electrons. The molecule has 0 aliphatic heterocycles. The van der Waals surface area contributed by atoms with E-state index in [1.807, 2.05) is 13.8 Å². The van der Waals surface area contributed by atoms with Gasteiger partial charge in [0.1, 0.15) is 11.6 Å². The molecule has 32 heavy (non-hydrogen) atoms. The van der Waals surface area contributed by atoms with Crippen LogP contribution in [-0.4, -0.2) is 26.5 Å². The summed E-state index contributed by atoms with van der Waals surface area (Å²) in [7, 11) is 0. The van der Waals surface area contributed by atoms with Gasteiger partial charge in [0.05, 0.1) is 11.3 Å². The number of amides is 1. The van der Waals surface area contributed by atoms with Crippen LogP contribution in [-0.2, 0) is 22.6 Å². The molecule has 170 valence electrons. The Balaban J connectivity index is 1.63. The number of aromatic nitrogens is 3. The summed E-state index contributed by atoms with van der Waals surface area (Å²) in [6.45, 7) is 8.01. The molecule has 1 N–H and O–H groups in total. The minimum Gasteiger partial charge on any atom is -0.456 e. The highest BCUT2D eigenvalue weighted by Gasteiger charge is 2.15. The van der Waals surface area contributed by atoms with Crippen molar-refractivity contribution >= 4 is 33.9 Å². The predicted octanol–water partition coefficient (Wildman–Crippen LogP) is 4.08. The van der Waals surface area contributed by atoms with E-state index in [9.17, 15) is 14.4 Å². The number of nitrogens with one attached hydrogen (secondary N) is 1. The number of carbonyl (C=O) groups is 2. The normalized spacial score (nSPS) is 11.3. The van der Waals surface area contributed by atoms with Crippen LogP contribution in [0.1, 0.15) is 61.6 Å². The maximum absolute atomic E-state index is 12.4. The molecule has 0 bridgehead atoms. The molecule has 0 atom stereocenters. The zero-order valence-corrected chi connectivity index (χ0v) is 19.6. The van der Waals surface area contributed by atoms with E-state index in [0.29, 0.717) is 27.8 Å². The average Bonchev–Trinajstić information content (AvgIpc) is 3.15. The third-order valence-electron chi connectivity index (χ3n) is 5.02. The lowest BCUT2D eigenvalue weighted by atomic mass is 10.0. The van der Waals surface area contributed by atoms with Gasteiger partial charge in [0.15, 0.2) is 0 Å². The summed E-state index contributed by atoms with van der Waals surface area (Å²) in [6.07, 6.45) is 2.32. The number of nitrogens with zero attached hydrogens (tertiary/aromatic N) is 3. The number of hydrogen-bond donors (Lipinski definition) is 1. The van der Waals surface area contributed by atoms with Crippen molar-refractivity contribution in [2.24, 2.45) is 11.8 Å². The van der Waals surface area contributed by atoms with Crippen molar-refractivity contribution in [3.8, 4) is 0 Å². The molecule has 0 saturated carbocycles. The van der Waals surface area contributed by atoms with Crippen molar-refractivity contribution in [3.63, 3.8) is 0 Å². The lowest BCUT2D eigenvalue weighted by molar-refractivity contribution is -0.120. The first-order valence-corrected chi connectivity index (χ1v) is 11.6. The van der Waals surface area contributed by atoms with Crippen LogP contribution in [0.4, 0.5) is 5.69 Å². The van der Waals surface area contributed by atoms with Crippen LogP contribution in [0.2, 0.25) is 0 Å². The smallest absolute Gasteiger partial charge is 0.338 e. The lowest BCUT2D eigenvalue weighted by Gasteiger charge is -2.13. The van der Waals surface area contributed by atoms with Gasteiger partial charge in [-0.05, 0) is 43.0 Å². The van der Waals surface area contributed by atoms with E-state index in [4.69, 9.17) is 4.74 Å². The Hall–Kier alpha value is -3.07. The Morgan fingerprint density at radius 1 is 1.16 bits per heavy atom. The number of rotatable bonds is 9. The third-order valence-corrected chi connectivity index (χ3v) is 5.95. The van der Waals surface area contributed by atoms with Gasteiger partial charge in [-0.15, -0.1) is 0 Å². The number of esters is 1. The van der Waals surface area contributed by atoms with Crippen LogP contribution < -0.4 is 10.9 Å². The van der Waals surface area contributed by atoms with Crippen LogP contribution in [0, 0.1) is 11.8 Å². The number of carbonyl (C=O) groups excluding carboxylic acids is 2. The molecule has 0 unspecified atom stereocenters. The molecule has 0 aliphatic rings. The molecule has 3 rings (SSSR count). The molecular weight excluding hydrogens is 428 g/mol. The largest absolute Gasteiger partial charge is 0.456 e. The Bertz CT molecular complexity index is 1150. The SMILES string of the molecule is CCC(CC)C(=O)Nc1ccc(C(=O)OCc2cc(=O)n3nc(CC(C)C)sc3n2)cc1. The van der Waals surface area contributed by atoms with Crippen molar-refractivity contribution in [1.29, 1.82) is 0 Å². The summed E-state index contributed by atoms with van der Waals surface area (Å²) in [5.41, 5.74) is 1.04. The quantitative estimate of drug-likeness (QED) is 0.487. The minimum absolute atomic E-state index is 0.0299. The standard InChI is InChI=1S/C23H28N4O4S/c1-5-15(6-2)21(29)24-17-9-7-16(8-10-17)22(30)31-13-18-12-20(28)27-23(25-18)32-19(26-27)11-14(3)4/h7-10,12,14-15H,5-6,11,13H2,1-4H3,(H,24,29). The molecular formula is C23H28N4O4S. The highest BCUT2D eigenvalue weighted by molar-refractivity contribution is 7.16. The van der Waals surface area contributed by atoms with Crippen molar-refractivity contribution in [3.05, 3.63) is 57.0 Å². The summed E-state index contributed by atoms with van der Waals surface area (Å²) in [4.78, 5) is 41.8. The Kier molecular flexibility index (Phi) is 7.74. The maximum atomic E-state index is 12.4. The second kappa shape index (κ2) is 10.5. The Labute approximate surface area is 190 Å². The number of ether oxygens (including phenoxy) is 1. The molecule has 3 aromatic rings. The van der Waals surface area contributed by atoms with E-state index in [2.05, 4.69) is 29.2 Å². The van der Waals surface area contributed by atoms with Crippen LogP contribution in [0.25, 0.3) is 4.96 Å². The van der Waals surface area contributed by atoms with Gasteiger partial charge in [-0.1, -0.05) is 39.0 Å². The summed E-state index contributed by atoms with van der Waals surface area (Å²) >= 11 is 1.36. The van der Waals surface area contributed by atoms with Crippen LogP contribution in [0.3, 0.4) is 0 Å². The fraction of sp³-hybridized carbons (Fsp3) is 0.435. The zero-order valence-electron chi connectivity index (χ0n) is 18.8. The first-order valence-electron chi connectivity index (χ1n) is 10.8. The predicted molar refractivity (Wildman–Crippen MR) is 124 cm³/mol. The fourth-order valence-corrected chi connectivity index (χ4v) is 4.35. The molecule has 0 saturated heterocycles. The highest BCUT2D eigenvalue weighted by atomic mass is 32.1. The van der Waals surface area contributed by atoms with Crippen LogP contribution in [0.5, 0.6) is 0 Å². The Morgan fingerprint density at radius 3 is 2.47 bits per heavy atom. The lowest BCUT2D eigenvalue weighted by Crippen LogP contribution is -2.21. The minimum atomic E-state index is -0.533. The van der Waals surface area contributed by atoms with Crippen LogP contribution >= 0.6 is 11.3 Å². The average molecular weight is 457 g/mol. The monoisotopic (exact) mass is 456 g/mol. The summed E-state index contributed by atoms with van der Waals surface area (Å²) in [5, 5.41) is 8.01. The van der Waals surface area contributed by atoms with E-state index in [-0.39, 0.29) is 24.0 Å². The summed E-state index contributed by atoms with van der Waals surface area (Å²) in [6, 6.07) is 7.85. The Morgan fingerprint density at radius 2 is 1.84 bits per heavy atom. The van der Waals surface area contributed by atoms with Gasteiger partial charge in [-0.3, -0.25) is 9.59 Å².